The molecule has 1 atom stereocenters. The van der Waals surface area contributed by atoms with Gasteiger partial charge in [0.15, 0.2) is 5.82 Å². The standard InChI is InChI=1S/C28H31N5OS/c1-19-6-9-22(15-20(19)2)25-16-26-27(29-12-14-33(26)31-25)32-13-4-5-23(18-32)28(34)30-17-21-7-10-24(35-3)11-8-21/h6-12,14-16,23H,4-5,13,17-18H2,1-3H3,(H,30,34)/t23-/m0/s1. The first-order valence-corrected chi connectivity index (χ1v) is 13.3. The molecule has 180 valence electrons. The number of aryl methyl sites for hydroxylation is 2. The molecule has 2 aromatic heterocycles. The summed E-state index contributed by atoms with van der Waals surface area (Å²) in [6, 6.07) is 16.9. The van der Waals surface area contributed by atoms with Gasteiger partial charge in [0.2, 0.25) is 5.91 Å². The molecule has 1 aliphatic rings. The van der Waals surface area contributed by atoms with Crippen LogP contribution < -0.4 is 10.2 Å². The van der Waals surface area contributed by atoms with Crippen molar-refractivity contribution < 1.29 is 4.79 Å². The first kappa shape index (κ1) is 23.4. The summed E-state index contributed by atoms with van der Waals surface area (Å²) in [5, 5.41) is 7.95. The van der Waals surface area contributed by atoms with E-state index in [9.17, 15) is 4.79 Å². The summed E-state index contributed by atoms with van der Waals surface area (Å²) in [6.07, 6.45) is 7.60. The zero-order valence-corrected chi connectivity index (χ0v) is 21.3. The second-order valence-electron chi connectivity index (χ2n) is 9.26. The van der Waals surface area contributed by atoms with E-state index in [1.165, 1.54) is 16.0 Å². The van der Waals surface area contributed by atoms with Gasteiger partial charge in [0.05, 0.1) is 11.6 Å². The third kappa shape index (κ3) is 5.05. The van der Waals surface area contributed by atoms with E-state index in [-0.39, 0.29) is 11.8 Å². The van der Waals surface area contributed by atoms with Crippen LogP contribution in [0.1, 0.15) is 29.5 Å². The highest BCUT2D eigenvalue weighted by Crippen LogP contribution is 2.29. The average Bonchev–Trinajstić information content (AvgIpc) is 3.34. The van der Waals surface area contributed by atoms with Gasteiger partial charge in [0.25, 0.3) is 0 Å². The van der Waals surface area contributed by atoms with Crippen molar-refractivity contribution in [3.63, 3.8) is 0 Å². The second-order valence-corrected chi connectivity index (χ2v) is 10.1. The molecular formula is C28H31N5OS. The van der Waals surface area contributed by atoms with Crippen LogP contribution in [0.3, 0.4) is 0 Å². The number of nitrogens with zero attached hydrogens (tertiary/aromatic N) is 4. The Labute approximate surface area is 210 Å². The molecule has 0 aliphatic carbocycles. The Balaban J connectivity index is 1.31. The van der Waals surface area contributed by atoms with Crippen molar-refractivity contribution in [3.05, 3.63) is 77.6 Å². The SMILES string of the molecule is CSc1ccc(CNC(=O)[C@H]2CCCN(c3nccn4nc(-c5ccc(C)c(C)c5)cc34)C2)cc1. The maximum absolute atomic E-state index is 13.0. The summed E-state index contributed by atoms with van der Waals surface area (Å²) >= 11 is 1.72. The fraction of sp³-hybridized carbons (Fsp3) is 0.321. The molecule has 1 amide bonds. The molecule has 0 unspecified atom stereocenters. The van der Waals surface area contributed by atoms with E-state index in [0.29, 0.717) is 13.1 Å². The van der Waals surface area contributed by atoms with Gasteiger partial charge >= 0.3 is 0 Å². The van der Waals surface area contributed by atoms with Crippen molar-refractivity contribution in [3.8, 4) is 11.3 Å². The number of amides is 1. The van der Waals surface area contributed by atoms with E-state index in [1.807, 2.05) is 10.7 Å². The van der Waals surface area contributed by atoms with E-state index in [2.05, 4.69) is 78.9 Å². The number of hydrogen-bond acceptors (Lipinski definition) is 5. The minimum Gasteiger partial charge on any atom is -0.354 e. The van der Waals surface area contributed by atoms with Gasteiger partial charge in [-0.15, -0.1) is 11.8 Å². The Morgan fingerprint density at radius 3 is 2.71 bits per heavy atom. The molecular weight excluding hydrogens is 454 g/mol. The van der Waals surface area contributed by atoms with E-state index in [0.717, 1.165) is 47.5 Å². The topological polar surface area (TPSA) is 62.5 Å². The normalized spacial score (nSPS) is 16.0. The van der Waals surface area contributed by atoms with Crippen molar-refractivity contribution >= 4 is 29.0 Å². The van der Waals surface area contributed by atoms with Crippen LogP contribution in [0.15, 0.2) is 65.8 Å². The van der Waals surface area contributed by atoms with Crippen LogP contribution in [0.4, 0.5) is 5.82 Å². The third-order valence-corrected chi connectivity index (χ3v) is 7.63. The zero-order valence-electron chi connectivity index (χ0n) is 20.5. The molecule has 1 aliphatic heterocycles. The zero-order chi connectivity index (χ0) is 24.4. The number of carbonyl (C=O) groups excluding carboxylic acids is 1. The Hall–Kier alpha value is -3.32. The van der Waals surface area contributed by atoms with Gasteiger partial charge in [-0.25, -0.2) is 9.50 Å². The quantitative estimate of drug-likeness (QED) is 0.377. The highest BCUT2D eigenvalue weighted by Gasteiger charge is 2.27. The van der Waals surface area contributed by atoms with E-state index < -0.39 is 0 Å². The Morgan fingerprint density at radius 2 is 1.94 bits per heavy atom. The predicted octanol–water partition coefficient (Wildman–Crippen LogP) is 5.27. The minimum atomic E-state index is -0.0570. The third-order valence-electron chi connectivity index (χ3n) is 6.89. The lowest BCUT2D eigenvalue weighted by molar-refractivity contribution is -0.125. The maximum atomic E-state index is 13.0. The van der Waals surface area contributed by atoms with Crippen LogP contribution in [-0.2, 0) is 11.3 Å². The Morgan fingerprint density at radius 1 is 1.11 bits per heavy atom. The average molecular weight is 486 g/mol. The highest BCUT2D eigenvalue weighted by molar-refractivity contribution is 7.98. The lowest BCUT2D eigenvalue weighted by Crippen LogP contribution is -2.43. The lowest BCUT2D eigenvalue weighted by Gasteiger charge is -2.33. The maximum Gasteiger partial charge on any atom is 0.225 e. The molecule has 0 bridgehead atoms. The molecule has 35 heavy (non-hydrogen) atoms. The van der Waals surface area contributed by atoms with Crippen molar-refractivity contribution in [1.82, 2.24) is 19.9 Å². The lowest BCUT2D eigenvalue weighted by atomic mass is 9.97. The number of benzene rings is 2. The number of hydrogen-bond donors (Lipinski definition) is 1. The van der Waals surface area contributed by atoms with Crippen molar-refractivity contribution in [2.75, 3.05) is 24.2 Å². The monoisotopic (exact) mass is 485 g/mol. The van der Waals surface area contributed by atoms with Crippen molar-refractivity contribution in [1.29, 1.82) is 0 Å². The van der Waals surface area contributed by atoms with Crippen LogP contribution in [0.2, 0.25) is 0 Å². The van der Waals surface area contributed by atoms with Crippen LogP contribution >= 0.6 is 11.8 Å². The van der Waals surface area contributed by atoms with Gasteiger partial charge in [-0.3, -0.25) is 4.79 Å². The molecule has 0 spiro atoms. The number of piperidine rings is 1. The number of aromatic nitrogens is 3. The summed E-state index contributed by atoms with van der Waals surface area (Å²) in [7, 11) is 0. The number of carbonyl (C=O) groups is 1. The number of rotatable bonds is 6. The smallest absolute Gasteiger partial charge is 0.225 e. The number of nitrogens with one attached hydrogen (secondary N) is 1. The number of anilines is 1. The summed E-state index contributed by atoms with van der Waals surface area (Å²) in [5.41, 5.74) is 6.65. The van der Waals surface area contributed by atoms with Gasteiger partial charge < -0.3 is 10.2 Å². The Bertz CT molecular complexity index is 1350. The first-order chi connectivity index (χ1) is 17.0. The van der Waals surface area contributed by atoms with Crippen LogP contribution in [-0.4, -0.2) is 39.9 Å². The molecule has 3 heterocycles. The molecule has 0 saturated carbocycles. The molecule has 2 aromatic carbocycles. The fourth-order valence-electron chi connectivity index (χ4n) is 4.65. The molecule has 1 N–H and O–H groups in total. The van der Waals surface area contributed by atoms with Gasteiger partial charge in [-0.05, 0) is 73.9 Å². The van der Waals surface area contributed by atoms with Gasteiger partial charge in [-0.2, -0.15) is 5.10 Å². The summed E-state index contributed by atoms with van der Waals surface area (Å²) in [5.74, 6) is 0.943. The second kappa shape index (κ2) is 10.1. The number of thioether (sulfide) groups is 1. The minimum absolute atomic E-state index is 0.0570. The molecule has 5 rings (SSSR count). The summed E-state index contributed by atoms with van der Waals surface area (Å²) in [4.78, 5) is 21.2. The van der Waals surface area contributed by atoms with Crippen LogP contribution in [0.5, 0.6) is 0 Å². The first-order valence-electron chi connectivity index (χ1n) is 12.1. The van der Waals surface area contributed by atoms with E-state index in [1.54, 1.807) is 18.0 Å². The van der Waals surface area contributed by atoms with Crippen LogP contribution in [0, 0.1) is 19.8 Å². The fourth-order valence-corrected chi connectivity index (χ4v) is 5.06. The molecule has 1 saturated heterocycles. The molecule has 7 heteroatoms. The summed E-state index contributed by atoms with van der Waals surface area (Å²) < 4.78 is 1.90. The number of fused-ring (bicyclic) bond motifs is 1. The van der Waals surface area contributed by atoms with Crippen molar-refractivity contribution in [2.24, 2.45) is 5.92 Å². The van der Waals surface area contributed by atoms with Crippen molar-refractivity contribution in [2.45, 2.75) is 38.1 Å². The van der Waals surface area contributed by atoms with E-state index >= 15 is 0 Å². The molecule has 0 radical (unpaired) electrons. The molecule has 6 nitrogen and oxygen atoms in total. The largest absolute Gasteiger partial charge is 0.354 e. The highest BCUT2D eigenvalue weighted by atomic mass is 32.2. The Kier molecular flexibility index (Phi) is 6.77. The van der Waals surface area contributed by atoms with Crippen LogP contribution in [0.25, 0.3) is 16.8 Å². The van der Waals surface area contributed by atoms with E-state index in [4.69, 9.17) is 10.1 Å². The van der Waals surface area contributed by atoms with Gasteiger partial charge in [-0.1, -0.05) is 24.3 Å². The molecule has 1 fully saturated rings. The summed E-state index contributed by atoms with van der Waals surface area (Å²) in [6.45, 7) is 6.35. The predicted molar refractivity (Wildman–Crippen MR) is 143 cm³/mol. The molecule has 4 aromatic rings. The van der Waals surface area contributed by atoms with Gasteiger partial charge in [0.1, 0.15) is 5.52 Å². The van der Waals surface area contributed by atoms with Gasteiger partial charge in [0, 0.05) is 42.5 Å².